The molecular weight excluding hydrogens is 200 g/mol. The van der Waals surface area contributed by atoms with Gasteiger partial charge in [-0.05, 0) is 31.7 Å². The lowest BCUT2D eigenvalue weighted by molar-refractivity contribution is 0.603. The first-order chi connectivity index (χ1) is 7.72. The maximum absolute atomic E-state index is 4.36. The molecule has 1 N–H and O–H groups in total. The Bertz CT molecular complexity index is 461. The van der Waals surface area contributed by atoms with Crippen molar-refractivity contribution in [2.45, 2.75) is 13.0 Å². The summed E-state index contributed by atoms with van der Waals surface area (Å²) in [5, 5.41) is 7.65. The van der Waals surface area contributed by atoms with Crippen LogP contribution in [0.5, 0.6) is 0 Å². The van der Waals surface area contributed by atoms with Gasteiger partial charge in [0, 0.05) is 19.4 Å². The monoisotopic (exact) mass is 216 g/mol. The predicted octanol–water partition coefficient (Wildman–Crippen LogP) is 1.43. The van der Waals surface area contributed by atoms with Crippen LogP contribution in [-0.2, 0) is 7.05 Å². The molecule has 0 aliphatic heterocycles. The lowest BCUT2D eigenvalue weighted by atomic mass is 10.1. The highest BCUT2D eigenvalue weighted by molar-refractivity contribution is 5.26. The van der Waals surface area contributed by atoms with E-state index in [0.29, 0.717) is 0 Å². The average molecular weight is 216 g/mol. The van der Waals surface area contributed by atoms with E-state index in [-0.39, 0.29) is 6.04 Å². The van der Waals surface area contributed by atoms with E-state index < -0.39 is 0 Å². The third-order valence-electron chi connectivity index (χ3n) is 2.64. The molecule has 0 amide bonds. The van der Waals surface area contributed by atoms with E-state index >= 15 is 0 Å². The summed E-state index contributed by atoms with van der Waals surface area (Å²) in [5.74, 6) is 0. The third kappa shape index (κ3) is 1.97. The summed E-state index contributed by atoms with van der Waals surface area (Å²) >= 11 is 0. The number of pyridine rings is 1. The molecule has 2 rings (SSSR count). The molecule has 0 spiro atoms. The van der Waals surface area contributed by atoms with Crippen molar-refractivity contribution in [2.24, 2.45) is 7.05 Å². The highest BCUT2D eigenvalue weighted by Gasteiger charge is 2.16. The number of rotatable bonds is 3. The molecule has 0 saturated carbocycles. The predicted molar refractivity (Wildman–Crippen MR) is 63.1 cm³/mol. The second kappa shape index (κ2) is 4.45. The van der Waals surface area contributed by atoms with Crippen LogP contribution in [0.3, 0.4) is 0 Å². The molecule has 2 aromatic heterocycles. The third-order valence-corrected chi connectivity index (χ3v) is 2.64. The molecular formula is C12H16N4. The van der Waals surface area contributed by atoms with Crippen LogP contribution in [0.25, 0.3) is 0 Å². The molecule has 4 heteroatoms. The minimum Gasteiger partial charge on any atom is -0.308 e. The van der Waals surface area contributed by atoms with Gasteiger partial charge in [0.1, 0.15) is 0 Å². The zero-order valence-electron chi connectivity index (χ0n) is 9.81. The fourth-order valence-electron chi connectivity index (χ4n) is 1.93. The molecule has 84 valence electrons. The van der Waals surface area contributed by atoms with Gasteiger partial charge in [0.25, 0.3) is 0 Å². The smallest absolute Gasteiger partial charge is 0.0760 e. The summed E-state index contributed by atoms with van der Waals surface area (Å²) < 4.78 is 1.91. The van der Waals surface area contributed by atoms with E-state index in [4.69, 9.17) is 0 Å². The van der Waals surface area contributed by atoms with Gasteiger partial charge < -0.3 is 5.32 Å². The molecule has 0 aliphatic rings. The molecule has 2 aromatic rings. The summed E-state index contributed by atoms with van der Waals surface area (Å²) in [4.78, 5) is 4.15. The summed E-state index contributed by atoms with van der Waals surface area (Å²) in [7, 11) is 3.91. The van der Waals surface area contributed by atoms with Gasteiger partial charge >= 0.3 is 0 Å². The van der Waals surface area contributed by atoms with Crippen molar-refractivity contribution >= 4 is 0 Å². The maximum Gasteiger partial charge on any atom is 0.0760 e. The lowest BCUT2D eigenvalue weighted by Gasteiger charge is -2.16. The van der Waals surface area contributed by atoms with Gasteiger partial charge in [-0.15, -0.1) is 0 Å². The Morgan fingerprint density at radius 2 is 2.25 bits per heavy atom. The molecule has 2 heterocycles. The Labute approximate surface area is 95.3 Å². The van der Waals surface area contributed by atoms with Gasteiger partial charge in [0.15, 0.2) is 0 Å². The first kappa shape index (κ1) is 10.8. The fraction of sp³-hybridized carbons (Fsp3) is 0.333. The number of hydrogen-bond donors (Lipinski definition) is 1. The molecule has 4 nitrogen and oxygen atoms in total. The molecule has 0 bridgehead atoms. The summed E-state index contributed by atoms with van der Waals surface area (Å²) in [6.07, 6.45) is 3.66. The maximum atomic E-state index is 4.36. The Hall–Kier alpha value is -1.68. The second-order valence-corrected chi connectivity index (χ2v) is 3.84. The van der Waals surface area contributed by atoms with Crippen LogP contribution in [-0.4, -0.2) is 21.8 Å². The molecule has 16 heavy (non-hydrogen) atoms. The largest absolute Gasteiger partial charge is 0.308 e. The van der Waals surface area contributed by atoms with Crippen molar-refractivity contribution < 1.29 is 0 Å². The van der Waals surface area contributed by atoms with E-state index in [1.807, 2.05) is 38.0 Å². The number of aryl methyl sites for hydroxylation is 2. The molecule has 0 radical (unpaired) electrons. The molecule has 0 aliphatic carbocycles. The van der Waals surface area contributed by atoms with E-state index in [2.05, 4.69) is 27.5 Å². The van der Waals surface area contributed by atoms with Crippen LogP contribution < -0.4 is 5.32 Å². The Morgan fingerprint density at radius 3 is 2.75 bits per heavy atom. The van der Waals surface area contributed by atoms with E-state index in [9.17, 15) is 0 Å². The van der Waals surface area contributed by atoms with E-state index in [1.165, 1.54) is 0 Å². The van der Waals surface area contributed by atoms with Gasteiger partial charge in [0.2, 0.25) is 0 Å². The normalized spacial score (nSPS) is 12.7. The van der Waals surface area contributed by atoms with Crippen molar-refractivity contribution in [1.29, 1.82) is 0 Å². The molecule has 0 saturated heterocycles. The van der Waals surface area contributed by atoms with E-state index in [1.54, 1.807) is 6.20 Å². The summed E-state index contributed by atoms with van der Waals surface area (Å²) in [5.41, 5.74) is 3.32. The first-order valence-electron chi connectivity index (χ1n) is 5.30. The standard InChI is InChI=1S/C12H16N4/c1-9-7-11(16(3)15-9)12(13-2)10-5-4-6-14-8-10/h4-8,12-13H,1-3H3. The van der Waals surface area contributed by atoms with Crippen LogP contribution in [0, 0.1) is 6.92 Å². The minimum absolute atomic E-state index is 0.139. The van der Waals surface area contributed by atoms with Crippen molar-refractivity contribution in [2.75, 3.05) is 7.05 Å². The first-order valence-corrected chi connectivity index (χ1v) is 5.30. The minimum atomic E-state index is 0.139. The van der Waals surface area contributed by atoms with Crippen molar-refractivity contribution in [3.63, 3.8) is 0 Å². The van der Waals surface area contributed by atoms with Crippen molar-refractivity contribution in [3.05, 3.63) is 47.5 Å². The summed E-state index contributed by atoms with van der Waals surface area (Å²) in [6, 6.07) is 6.24. The fourth-order valence-corrected chi connectivity index (χ4v) is 1.93. The van der Waals surface area contributed by atoms with Crippen molar-refractivity contribution in [3.8, 4) is 0 Å². The van der Waals surface area contributed by atoms with Crippen LogP contribution in [0.2, 0.25) is 0 Å². The summed E-state index contributed by atoms with van der Waals surface area (Å²) in [6.45, 7) is 2.00. The zero-order chi connectivity index (χ0) is 11.5. The van der Waals surface area contributed by atoms with Crippen LogP contribution in [0.4, 0.5) is 0 Å². The number of aromatic nitrogens is 3. The lowest BCUT2D eigenvalue weighted by Crippen LogP contribution is -2.20. The quantitative estimate of drug-likeness (QED) is 0.844. The molecule has 1 atom stereocenters. The highest BCUT2D eigenvalue weighted by Crippen LogP contribution is 2.20. The van der Waals surface area contributed by atoms with Crippen LogP contribution in [0.1, 0.15) is 23.0 Å². The SMILES string of the molecule is CNC(c1cccnc1)c1cc(C)nn1C. The molecule has 1 unspecified atom stereocenters. The van der Waals surface area contributed by atoms with Crippen LogP contribution in [0.15, 0.2) is 30.6 Å². The highest BCUT2D eigenvalue weighted by atomic mass is 15.3. The number of nitrogens with one attached hydrogen (secondary N) is 1. The number of nitrogens with zero attached hydrogens (tertiary/aromatic N) is 3. The van der Waals surface area contributed by atoms with Crippen molar-refractivity contribution in [1.82, 2.24) is 20.1 Å². The topological polar surface area (TPSA) is 42.7 Å². The Morgan fingerprint density at radius 1 is 1.44 bits per heavy atom. The van der Waals surface area contributed by atoms with Gasteiger partial charge in [0.05, 0.1) is 17.4 Å². The van der Waals surface area contributed by atoms with Gasteiger partial charge in [-0.25, -0.2) is 0 Å². The average Bonchev–Trinajstić information content (AvgIpc) is 2.61. The van der Waals surface area contributed by atoms with Crippen LogP contribution >= 0.6 is 0 Å². The number of hydrogen-bond acceptors (Lipinski definition) is 3. The molecule has 0 aromatic carbocycles. The Balaban J connectivity index is 2.40. The zero-order valence-corrected chi connectivity index (χ0v) is 9.81. The van der Waals surface area contributed by atoms with E-state index in [0.717, 1.165) is 17.0 Å². The van der Waals surface area contributed by atoms with Gasteiger partial charge in [-0.2, -0.15) is 5.10 Å². The molecule has 0 fully saturated rings. The van der Waals surface area contributed by atoms with Gasteiger partial charge in [-0.1, -0.05) is 6.07 Å². The Kier molecular flexibility index (Phi) is 3.01. The second-order valence-electron chi connectivity index (χ2n) is 3.84. The van der Waals surface area contributed by atoms with Gasteiger partial charge in [-0.3, -0.25) is 9.67 Å².